The van der Waals surface area contributed by atoms with Crippen LogP contribution in [0.2, 0.25) is 0 Å². The van der Waals surface area contributed by atoms with Gasteiger partial charge in [0.15, 0.2) is 0 Å². The number of carbonyl (C=O) groups is 1. The maximum atomic E-state index is 13.4. The van der Waals surface area contributed by atoms with Crippen LogP contribution < -0.4 is 9.21 Å². The first-order valence-electron chi connectivity index (χ1n) is 11.5. The summed E-state index contributed by atoms with van der Waals surface area (Å²) in [7, 11) is -3.23. The van der Waals surface area contributed by atoms with Crippen LogP contribution in [-0.4, -0.2) is 62.7 Å². The molecule has 1 aromatic heterocycles. The number of amides is 1. The summed E-state index contributed by atoms with van der Waals surface area (Å²) in [6.07, 6.45) is 4.66. The molecule has 1 aliphatic carbocycles. The van der Waals surface area contributed by atoms with Gasteiger partial charge in [-0.2, -0.15) is 0 Å². The topological polar surface area (TPSA) is 73.8 Å². The summed E-state index contributed by atoms with van der Waals surface area (Å²) in [5.74, 6) is 1.61. The maximum absolute atomic E-state index is 13.4. The van der Waals surface area contributed by atoms with Crippen molar-refractivity contribution in [3.63, 3.8) is 0 Å². The Kier molecular flexibility index (Phi) is 5.35. The molecule has 170 valence electrons. The number of rotatable bonds is 4. The molecule has 2 aromatic rings. The van der Waals surface area contributed by atoms with E-state index in [4.69, 9.17) is 0 Å². The van der Waals surface area contributed by atoms with Crippen molar-refractivity contribution in [1.29, 1.82) is 0 Å². The summed E-state index contributed by atoms with van der Waals surface area (Å²) in [5.41, 5.74) is 4.75. The van der Waals surface area contributed by atoms with Crippen LogP contribution >= 0.6 is 0 Å². The van der Waals surface area contributed by atoms with E-state index in [9.17, 15) is 13.2 Å². The van der Waals surface area contributed by atoms with Crippen molar-refractivity contribution in [3.05, 3.63) is 52.7 Å². The SMILES string of the molecule is Cc1cnc(N2CCN(C(=O)c3ccc(N4CCCS4(=O)=O)cc3C3CC3)CC2)c(C)c1. The molecule has 0 radical (unpaired) electrons. The van der Waals surface area contributed by atoms with Crippen molar-refractivity contribution in [2.24, 2.45) is 0 Å². The van der Waals surface area contributed by atoms with Crippen LogP contribution in [0.25, 0.3) is 0 Å². The predicted octanol–water partition coefficient (Wildman–Crippen LogP) is 3.08. The largest absolute Gasteiger partial charge is 0.353 e. The Balaban J connectivity index is 1.33. The van der Waals surface area contributed by atoms with Gasteiger partial charge in [0.25, 0.3) is 5.91 Å². The first kappa shape index (κ1) is 21.2. The molecule has 32 heavy (non-hydrogen) atoms. The third-order valence-electron chi connectivity index (χ3n) is 6.72. The smallest absolute Gasteiger partial charge is 0.254 e. The lowest BCUT2D eigenvalue weighted by Gasteiger charge is -2.36. The molecule has 1 amide bonds. The van der Waals surface area contributed by atoms with E-state index in [1.165, 1.54) is 4.31 Å². The molecule has 7 nitrogen and oxygen atoms in total. The molecular formula is C24H30N4O3S. The van der Waals surface area contributed by atoms with Crippen LogP contribution in [0.5, 0.6) is 0 Å². The second-order valence-electron chi connectivity index (χ2n) is 9.22. The van der Waals surface area contributed by atoms with Gasteiger partial charge in [-0.1, -0.05) is 6.07 Å². The van der Waals surface area contributed by atoms with E-state index in [1.54, 1.807) is 6.07 Å². The Hall–Kier alpha value is -2.61. The molecule has 2 aliphatic heterocycles. The second kappa shape index (κ2) is 8.06. The minimum absolute atomic E-state index is 0.0518. The highest BCUT2D eigenvalue weighted by Crippen LogP contribution is 2.43. The van der Waals surface area contributed by atoms with Gasteiger partial charge in [0.2, 0.25) is 10.0 Å². The lowest BCUT2D eigenvalue weighted by molar-refractivity contribution is 0.0745. The van der Waals surface area contributed by atoms with E-state index in [1.807, 2.05) is 30.2 Å². The summed E-state index contributed by atoms with van der Waals surface area (Å²) >= 11 is 0. The van der Waals surface area contributed by atoms with E-state index in [-0.39, 0.29) is 11.7 Å². The van der Waals surface area contributed by atoms with Crippen molar-refractivity contribution >= 4 is 27.4 Å². The minimum atomic E-state index is -3.23. The van der Waals surface area contributed by atoms with Gasteiger partial charge in [0, 0.05) is 44.5 Å². The normalized spacial score (nSPS) is 20.6. The summed E-state index contributed by atoms with van der Waals surface area (Å²) in [6, 6.07) is 7.74. The number of nitrogens with zero attached hydrogens (tertiary/aromatic N) is 4. The molecule has 5 rings (SSSR count). The molecule has 3 fully saturated rings. The number of aryl methyl sites for hydroxylation is 2. The standard InChI is InChI=1S/C24H30N4O3S/c1-17-14-18(2)23(25-16-17)26-9-11-27(12-10-26)24(29)21-7-6-20(15-22(21)19-4-5-19)28-8-3-13-32(28,30)31/h6-7,14-16,19H,3-5,8-13H2,1-2H3. The summed E-state index contributed by atoms with van der Waals surface area (Å²) in [5, 5.41) is 0. The Labute approximate surface area is 190 Å². The van der Waals surface area contributed by atoms with Gasteiger partial charge in [-0.15, -0.1) is 0 Å². The number of sulfonamides is 1. The highest BCUT2D eigenvalue weighted by atomic mass is 32.2. The zero-order valence-electron chi connectivity index (χ0n) is 18.7. The number of hydrogen-bond donors (Lipinski definition) is 0. The van der Waals surface area contributed by atoms with E-state index >= 15 is 0 Å². The van der Waals surface area contributed by atoms with Crippen LogP contribution in [0.3, 0.4) is 0 Å². The molecule has 1 aromatic carbocycles. The Bertz CT molecular complexity index is 1150. The molecule has 3 aliphatic rings. The zero-order valence-corrected chi connectivity index (χ0v) is 19.6. The minimum Gasteiger partial charge on any atom is -0.353 e. The van der Waals surface area contributed by atoms with Crippen LogP contribution in [0, 0.1) is 13.8 Å². The van der Waals surface area contributed by atoms with E-state index in [0.29, 0.717) is 37.7 Å². The Morgan fingerprint density at radius 2 is 1.78 bits per heavy atom. The molecule has 8 heteroatoms. The van der Waals surface area contributed by atoms with Gasteiger partial charge in [-0.25, -0.2) is 13.4 Å². The summed E-state index contributed by atoms with van der Waals surface area (Å²) in [6.45, 7) is 7.46. The number of anilines is 2. The van der Waals surface area contributed by atoms with Crippen molar-refractivity contribution in [3.8, 4) is 0 Å². The number of piperazine rings is 1. The maximum Gasteiger partial charge on any atom is 0.254 e. The van der Waals surface area contributed by atoms with Crippen LogP contribution in [0.15, 0.2) is 30.5 Å². The molecule has 0 N–H and O–H groups in total. The van der Waals surface area contributed by atoms with Crippen LogP contribution in [-0.2, 0) is 10.0 Å². The number of hydrogen-bond acceptors (Lipinski definition) is 5. The number of benzene rings is 1. The highest BCUT2D eigenvalue weighted by Gasteiger charge is 2.34. The van der Waals surface area contributed by atoms with Crippen molar-refractivity contribution in [1.82, 2.24) is 9.88 Å². The van der Waals surface area contributed by atoms with E-state index in [2.05, 4.69) is 22.9 Å². The molecule has 0 bridgehead atoms. The molecule has 0 spiro atoms. The third kappa shape index (κ3) is 3.96. The Morgan fingerprint density at radius 3 is 2.41 bits per heavy atom. The first-order chi connectivity index (χ1) is 15.3. The quantitative estimate of drug-likeness (QED) is 0.710. The average Bonchev–Trinajstić information content (AvgIpc) is 3.56. The number of aromatic nitrogens is 1. The Morgan fingerprint density at radius 1 is 1.03 bits per heavy atom. The van der Waals surface area contributed by atoms with Gasteiger partial charge in [0.05, 0.1) is 11.4 Å². The highest BCUT2D eigenvalue weighted by molar-refractivity contribution is 7.93. The molecule has 1 saturated carbocycles. The fourth-order valence-electron chi connectivity index (χ4n) is 4.89. The summed E-state index contributed by atoms with van der Waals surface area (Å²) < 4.78 is 26.2. The fraction of sp³-hybridized carbons (Fsp3) is 0.500. The number of pyridine rings is 1. The lowest BCUT2D eigenvalue weighted by Crippen LogP contribution is -2.49. The molecular weight excluding hydrogens is 424 g/mol. The van der Waals surface area contributed by atoms with E-state index < -0.39 is 10.0 Å². The lowest BCUT2D eigenvalue weighted by atomic mass is 10.0. The zero-order chi connectivity index (χ0) is 22.5. The van der Waals surface area contributed by atoms with Gasteiger partial charge in [-0.3, -0.25) is 9.10 Å². The van der Waals surface area contributed by atoms with Crippen LogP contribution in [0.4, 0.5) is 11.5 Å². The molecule has 2 saturated heterocycles. The van der Waals surface area contributed by atoms with E-state index in [0.717, 1.165) is 54.0 Å². The van der Waals surface area contributed by atoms with Crippen LogP contribution in [0.1, 0.15) is 52.2 Å². The van der Waals surface area contributed by atoms with Crippen molar-refractivity contribution in [2.45, 2.75) is 39.0 Å². The molecule has 3 heterocycles. The van der Waals surface area contributed by atoms with Gasteiger partial charge < -0.3 is 9.80 Å². The third-order valence-corrected chi connectivity index (χ3v) is 8.59. The molecule has 0 unspecified atom stereocenters. The van der Waals surface area contributed by atoms with Gasteiger partial charge in [0.1, 0.15) is 5.82 Å². The molecule has 0 atom stereocenters. The van der Waals surface area contributed by atoms with Crippen molar-refractivity contribution < 1.29 is 13.2 Å². The first-order valence-corrected chi connectivity index (χ1v) is 13.1. The number of carbonyl (C=O) groups excluding carboxylic acids is 1. The monoisotopic (exact) mass is 454 g/mol. The summed E-state index contributed by atoms with van der Waals surface area (Å²) in [4.78, 5) is 22.2. The van der Waals surface area contributed by atoms with Gasteiger partial charge in [-0.05, 0) is 73.9 Å². The second-order valence-corrected chi connectivity index (χ2v) is 11.2. The predicted molar refractivity (Wildman–Crippen MR) is 126 cm³/mol. The van der Waals surface area contributed by atoms with Gasteiger partial charge >= 0.3 is 0 Å². The fourth-order valence-corrected chi connectivity index (χ4v) is 6.45. The van der Waals surface area contributed by atoms with Crippen molar-refractivity contribution in [2.75, 3.05) is 47.7 Å². The average molecular weight is 455 g/mol.